The summed E-state index contributed by atoms with van der Waals surface area (Å²) in [5.74, 6) is -0.384. The molecule has 0 aliphatic carbocycles. The smallest absolute Gasteiger partial charge is 0.257 e. The molecule has 0 saturated carbocycles. The summed E-state index contributed by atoms with van der Waals surface area (Å²) in [5, 5.41) is 2.69. The summed E-state index contributed by atoms with van der Waals surface area (Å²) >= 11 is 0. The minimum absolute atomic E-state index is 0.105. The quantitative estimate of drug-likeness (QED) is 0.503. The van der Waals surface area contributed by atoms with Crippen LogP contribution in [-0.2, 0) is 19.9 Å². The fraction of sp³-hybridized carbons (Fsp3) is 0.409. The van der Waals surface area contributed by atoms with E-state index in [-0.39, 0.29) is 21.9 Å². The zero-order chi connectivity index (χ0) is 23.1. The number of carbonyl (C=O) groups excluding carboxylic acids is 1. The summed E-state index contributed by atoms with van der Waals surface area (Å²) in [5.41, 5.74) is 0.868. The van der Waals surface area contributed by atoms with Crippen LogP contribution in [0.25, 0.3) is 0 Å². The molecule has 0 radical (unpaired) electrons. The van der Waals surface area contributed by atoms with Crippen LogP contribution in [0.3, 0.4) is 0 Å². The number of para-hydroxylation sites is 1. The lowest BCUT2D eigenvalue weighted by molar-refractivity contribution is 0.102. The standard InChI is InChI=1S/C22H30N2O5S2/c1-4-5-6-7-10-17-31(28,29)19-15-13-18(14-16-19)23-22(25)20-11-8-9-12-21(20)24(2)30(3,26)27/h8-9,11-16H,4-7,10,17H2,1-3H3,(H,23,25). The maximum atomic E-state index is 12.7. The van der Waals surface area contributed by atoms with Gasteiger partial charge in [-0.3, -0.25) is 9.10 Å². The van der Waals surface area contributed by atoms with E-state index in [4.69, 9.17) is 0 Å². The third-order valence-corrected chi connectivity index (χ3v) is 7.98. The Morgan fingerprint density at radius 3 is 2.13 bits per heavy atom. The molecule has 0 aromatic heterocycles. The molecule has 0 spiro atoms. The first-order valence-corrected chi connectivity index (χ1v) is 13.7. The normalized spacial score (nSPS) is 11.8. The van der Waals surface area contributed by atoms with Crippen LogP contribution in [0.2, 0.25) is 0 Å². The Kier molecular flexibility index (Phi) is 8.64. The predicted molar refractivity (Wildman–Crippen MR) is 125 cm³/mol. The Labute approximate surface area is 185 Å². The lowest BCUT2D eigenvalue weighted by Crippen LogP contribution is -2.27. The maximum absolute atomic E-state index is 12.7. The zero-order valence-electron chi connectivity index (χ0n) is 18.2. The Bertz CT molecular complexity index is 1090. The van der Waals surface area contributed by atoms with Crippen LogP contribution in [0, 0.1) is 0 Å². The van der Waals surface area contributed by atoms with Crippen LogP contribution in [0.4, 0.5) is 11.4 Å². The second kappa shape index (κ2) is 10.8. The van der Waals surface area contributed by atoms with Crippen molar-refractivity contribution in [1.29, 1.82) is 0 Å². The topological polar surface area (TPSA) is 101 Å². The molecule has 170 valence electrons. The predicted octanol–water partition coefficient (Wildman–Crippen LogP) is 4.08. The highest BCUT2D eigenvalue weighted by molar-refractivity contribution is 7.92. The molecule has 0 atom stereocenters. The molecule has 7 nitrogen and oxygen atoms in total. The minimum Gasteiger partial charge on any atom is -0.322 e. The van der Waals surface area contributed by atoms with E-state index in [1.165, 1.54) is 37.4 Å². The molecule has 0 saturated heterocycles. The molecule has 0 unspecified atom stereocenters. The molecule has 31 heavy (non-hydrogen) atoms. The van der Waals surface area contributed by atoms with E-state index >= 15 is 0 Å². The first kappa shape index (κ1) is 24.9. The number of hydrogen-bond donors (Lipinski definition) is 1. The maximum Gasteiger partial charge on any atom is 0.257 e. The second-order valence-corrected chi connectivity index (χ2v) is 11.6. The Hall–Kier alpha value is -2.39. The third kappa shape index (κ3) is 7.07. The van der Waals surface area contributed by atoms with Crippen molar-refractivity contribution in [3.8, 4) is 0 Å². The number of carbonyl (C=O) groups is 1. The van der Waals surface area contributed by atoms with Gasteiger partial charge in [0.15, 0.2) is 9.84 Å². The minimum atomic E-state index is -3.53. The van der Waals surface area contributed by atoms with Gasteiger partial charge in [-0.05, 0) is 42.8 Å². The van der Waals surface area contributed by atoms with E-state index in [9.17, 15) is 21.6 Å². The fourth-order valence-electron chi connectivity index (χ4n) is 3.08. The van der Waals surface area contributed by atoms with Crippen molar-refractivity contribution in [3.63, 3.8) is 0 Å². The molecule has 0 aliphatic heterocycles. The highest BCUT2D eigenvalue weighted by Crippen LogP contribution is 2.23. The summed E-state index contributed by atoms with van der Waals surface area (Å²) in [4.78, 5) is 12.9. The number of sulfone groups is 1. The molecule has 0 heterocycles. The summed E-state index contributed by atoms with van der Waals surface area (Å²) in [6, 6.07) is 12.4. The lowest BCUT2D eigenvalue weighted by Gasteiger charge is -2.19. The molecule has 2 aromatic carbocycles. The van der Waals surface area contributed by atoms with Crippen LogP contribution >= 0.6 is 0 Å². The van der Waals surface area contributed by atoms with Crippen LogP contribution in [0.5, 0.6) is 0 Å². The summed E-state index contributed by atoms with van der Waals surface area (Å²) in [6.45, 7) is 2.11. The molecule has 2 rings (SSSR count). The second-order valence-electron chi connectivity index (χ2n) is 7.46. The summed E-state index contributed by atoms with van der Waals surface area (Å²) in [6.07, 6.45) is 5.83. The van der Waals surface area contributed by atoms with Gasteiger partial charge in [-0.2, -0.15) is 0 Å². The summed E-state index contributed by atoms with van der Waals surface area (Å²) in [7, 11) is -5.52. The van der Waals surface area contributed by atoms with Crippen LogP contribution < -0.4 is 9.62 Å². The van der Waals surface area contributed by atoms with Gasteiger partial charge in [0.1, 0.15) is 0 Å². The molecule has 0 aliphatic rings. The number of sulfonamides is 1. The van der Waals surface area contributed by atoms with Gasteiger partial charge in [-0.1, -0.05) is 44.7 Å². The number of hydrogen-bond acceptors (Lipinski definition) is 5. The molecule has 9 heteroatoms. The van der Waals surface area contributed by atoms with E-state index in [1.807, 2.05) is 0 Å². The number of amides is 1. The largest absolute Gasteiger partial charge is 0.322 e. The van der Waals surface area contributed by atoms with Crippen molar-refractivity contribution in [2.45, 2.75) is 43.9 Å². The zero-order valence-corrected chi connectivity index (χ0v) is 19.8. The van der Waals surface area contributed by atoms with Gasteiger partial charge >= 0.3 is 0 Å². The van der Waals surface area contributed by atoms with Crippen LogP contribution in [0.15, 0.2) is 53.4 Å². The van der Waals surface area contributed by atoms with Gasteiger partial charge in [0.25, 0.3) is 5.91 Å². The number of nitrogens with zero attached hydrogens (tertiary/aromatic N) is 1. The number of rotatable bonds is 11. The van der Waals surface area contributed by atoms with Crippen molar-refractivity contribution in [1.82, 2.24) is 0 Å². The van der Waals surface area contributed by atoms with Crippen molar-refractivity contribution >= 4 is 37.1 Å². The number of unbranched alkanes of at least 4 members (excludes halogenated alkanes) is 4. The van der Waals surface area contributed by atoms with Crippen molar-refractivity contribution in [2.24, 2.45) is 0 Å². The summed E-state index contributed by atoms with van der Waals surface area (Å²) < 4.78 is 49.7. The van der Waals surface area contributed by atoms with Crippen molar-refractivity contribution in [3.05, 3.63) is 54.1 Å². The van der Waals surface area contributed by atoms with E-state index in [0.29, 0.717) is 12.1 Å². The van der Waals surface area contributed by atoms with E-state index < -0.39 is 25.8 Å². The van der Waals surface area contributed by atoms with Gasteiger partial charge in [0.2, 0.25) is 10.0 Å². The Balaban J connectivity index is 2.10. The molecule has 1 amide bonds. The van der Waals surface area contributed by atoms with E-state index in [1.54, 1.807) is 18.2 Å². The number of anilines is 2. The molecule has 0 bridgehead atoms. The molecule has 2 aromatic rings. The van der Waals surface area contributed by atoms with Gasteiger partial charge in [-0.15, -0.1) is 0 Å². The van der Waals surface area contributed by atoms with E-state index in [0.717, 1.165) is 36.2 Å². The van der Waals surface area contributed by atoms with Gasteiger partial charge in [0, 0.05) is 12.7 Å². The first-order chi connectivity index (χ1) is 14.6. The average Bonchev–Trinajstić information content (AvgIpc) is 2.72. The lowest BCUT2D eigenvalue weighted by atomic mass is 10.1. The van der Waals surface area contributed by atoms with Crippen LogP contribution in [-0.4, -0.2) is 41.8 Å². The van der Waals surface area contributed by atoms with Crippen molar-refractivity contribution < 1.29 is 21.6 Å². The van der Waals surface area contributed by atoms with E-state index in [2.05, 4.69) is 12.2 Å². The van der Waals surface area contributed by atoms with Gasteiger partial charge in [0.05, 0.1) is 28.2 Å². The highest BCUT2D eigenvalue weighted by atomic mass is 32.2. The SMILES string of the molecule is CCCCCCCS(=O)(=O)c1ccc(NC(=O)c2ccccc2N(C)S(C)(=O)=O)cc1. The fourth-order valence-corrected chi connectivity index (χ4v) is 4.96. The first-order valence-electron chi connectivity index (χ1n) is 10.2. The van der Waals surface area contributed by atoms with Gasteiger partial charge in [-0.25, -0.2) is 16.8 Å². The number of benzene rings is 2. The molecule has 1 N–H and O–H groups in total. The Morgan fingerprint density at radius 2 is 1.52 bits per heavy atom. The number of nitrogens with one attached hydrogen (secondary N) is 1. The molecular formula is C22H30N2O5S2. The molecule has 0 fully saturated rings. The third-order valence-electron chi connectivity index (χ3n) is 4.97. The van der Waals surface area contributed by atoms with Crippen molar-refractivity contribution in [2.75, 3.05) is 28.7 Å². The van der Waals surface area contributed by atoms with Crippen LogP contribution in [0.1, 0.15) is 49.4 Å². The highest BCUT2D eigenvalue weighted by Gasteiger charge is 2.20. The monoisotopic (exact) mass is 466 g/mol. The van der Waals surface area contributed by atoms with Gasteiger partial charge < -0.3 is 5.32 Å². The average molecular weight is 467 g/mol. The molecular weight excluding hydrogens is 436 g/mol. The Morgan fingerprint density at radius 1 is 0.903 bits per heavy atom.